The van der Waals surface area contributed by atoms with Gasteiger partial charge in [0.05, 0.1) is 22.2 Å². The van der Waals surface area contributed by atoms with E-state index in [9.17, 15) is 0 Å². The van der Waals surface area contributed by atoms with Crippen molar-refractivity contribution in [3.63, 3.8) is 0 Å². The lowest BCUT2D eigenvalue weighted by Gasteiger charge is -2.29. The van der Waals surface area contributed by atoms with Crippen LogP contribution in [0.5, 0.6) is 0 Å². The highest BCUT2D eigenvalue weighted by Gasteiger charge is 2.38. The molecule has 0 radical (unpaired) electrons. The average molecular weight is 1840 g/mol. The van der Waals surface area contributed by atoms with Crippen molar-refractivity contribution in [3.8, 4) is 162 Å². The molecule has 0 unspecified atom stereocenters. The minimum atomic E-state index is 0.624. The zero-order chi connectivity index (χ0) is 95.3. The van der Waals surface area contributed by atoms with Crippen LogP contribution in [0.4, 0.5) is 51.6 Å². The molecule has 0 bridgehead atoms. The number of benzene rings is 19. The van der Waals surface area contributed by atoms with E-state index in [-0.39, 0.29) is 0 Å². The summed E-state index contributed by atoms with van der Waals surface area (Å²) in [7, 11) is 0. The molecular weight excluding hydrogens is 1750 g/mol. The first-order chi connectivity index (χ1) is 71.6. The van der Waals surface area contributed by atoms with Gasteiger partial charge < -0.3 is 0 Å². The largest absolute Gasteiger partial charge is 0.296 e. The first-order valence-electron chi connectivity index (χ1n) is 48.9. The number of para-hydroxylation sites is 3. The van der Waals surface area contributed by atoms with Gasteiger partial charge in [-0.1, -0.05) is 406 Å². The molecule has 6 aromatic heterocycles. The maximum atomic E-state index is 5.41. The number of pyridine rings is 2. The van der Waals surface area contributed by atoms with Crippen molar-refractivity contribution in [1.82, 2.24) is 33.6 Å². The topological polar surface area (TPSA) is 76.1 Å². The third-order valence-electron chi connectivity index (χ3n) is 28.1. The van der Waals surface area contributed by atoms with Crippen LogP contribution in [0.2, 0.25) is 0 Å². The molecule has 0 fully saturated rings. The molecule has 0 spiro atoms. The van der Waals surface area contributed by atoms with Crippen LogP contribution >= 0.6 is 0 Å². The zero-order valence-corrected chi connectivity index (χ0v) is 78.4. The number of fused-ring (bicyclic) bond motifs is 15. The van der Waals surface area contributed by atoms with Crippen molar-refractivity contribution in [2.45, 2.75) is 0 Å². The lowest BCUT2D eigenvalue weighted by molar-refractivity contribution is 0.950. The number of hydrogen-bond acceptors (Lipinski definition) is 7. The predicted octanol–water partition coefficient (Wildman–Crippen LogP) is 35.5. The van der Waals surface area contributed by atoms with E-state index in [0.29, 0.717) is 5.95 Å². The minimum absolute atomic E-state index is 0.624. The van der Waals surface area contributed by atoms with E-state index < -0.39 is 0 Å². The maximum Gasteiger partial charge on any atom is 0.235 e. The molecule has 3 aliphatic carbocycles. The summed E-state index contributed by atoms with van der Waals surface area (Å²) in [6.45, 7) is 0. The second-order valence-corrected chi connectivity index (χ2v) is 36.2. The Kier molecular flexibility index (Phi) is 21.7. The Morgan fingerprint density at radius 1 is 0.153 bits per heavy atom. The Morgan fingerprint density at radius 2 is 0.389 bits per heavy atom. The second kappa shape index (κ2) is 36.8. The molecule has 0 aliphatic heterocycles. The maximum absolute atomic E-state index is 5.41. The summed E-state index contributed by atoms with van der Waals surface area (Å²) in [5.41, 5.74) is 40.6. The molecule has 676 valence electrons. The number of anilines is 9. The SMILES string of the molecule is c1ccc(-c2ccc(N(c3ccccc3)c3c4c5c(cccc5n3-c3cccc(-c5ccccc5)n3)-c3ccccc3-c3ccccc3-4)cc2)cc1.c1ccc(-c2ccc(N(c3ccccc3)c3c4c5c(cccc5n3-c3ccccn3)-c3ccccc3-c3ccccc3-4)cc2)cc1.c1ccc(-c2ccc(N(c3ccccc3)c3c4c5c(cccc5n3-c3ncccn3)-c3ccccc3-c3ccccc3-4)cc2)cc1. The third kappa shape index (κ3) is 14.9. The van der Waals surface area contributed by atoms with Gasteiger partial charge in [-0.15, -0.1) is 0 Å². The molecule has 10 nitrogen and oxygen atoms in total. The quantitative estimate of drug-likeness (QED) is 0.0954. The molecule has 0 saturated heterocycles. The fourth-order valence-corrected chi connectivity index (χ4v) is 21.8. The molecule has 10 heteroatoms. The summed E-state index contributed by atoms with van der Waals surface area (Å²) in [6.07, 6.45) is 5.52. The van der Waals surface area contributed by atoms with Crippen LogP contribution in [0.25, 0.3) is 195 Å². The molecule has 0 saturated carbocycles. The van der Waals surface area contributed by atoms with Gasteiger partial charge in [0.15, 0.2) is 0 Å². The lowest BCUT2D eigenvalue weighted by Crippen LogP contribution is -2.16. The molecular formula is C134H90N10. The number of aromatic nitrogens is 7. The lowest BCUT2D eigenvalue weighted by atomic mass is 9.94. The van der Waals surface area contributed by atoms with Crippen LogP contribution in [0.1, 0.15) is 0 Å². The van der Waals surface area contributed by atoms with Crippen molar-refractivity contribution < 1.29 is 0 Å². The molecule has 0 atom stereocenters. The van der Waals surface area contributed by atoms with Gasteiger partial charge in [0.2, 0.25) is 5.95 Å². The Labute approximate surface area is 835 Å². The highest BCUT2D eigenvalue weighted by atomic mass is 15.3. The van der Waals surface area contributed by atoms with E-state index in [2.05, 4.69) is 538 Å². The Hall–Kier alpha value is -19.4. The highest BCUT2D eigenvalue weighted by Crippen LogP contribution is 2.60. The summed E-state index contributed by atoms with van der Waals surface area (Å²) in [6, 6.07) is 188. The van der Waals surface area contributed by atoms with Crippen LogP contribution in [-0.4, -0.2) is 33.6 Å². The van der Waals surface area contributed by atoms with Crippen molar-refractivity contribution in [1.29, 1.82) is 0 Å². The molecule has 0 amide bonds. The molecule has 0 N–H and O–H groups in total. The first-order valence-corrected chi connectivity index (χ1v) is 48.9. The first kappa shape index (κ1) is 85.0. The second-order valence-electron chi connectivity index (χ2n) is 36.2. The Balaban J connectivity index is 0.000000110. The van der Waals surface area contributed by atoms with Gasteiger partial charge in [-0.3, -0.25) is 28.4 Å². The molecule has 19 aromatic carbocycles. The van der Waals surface area contributed by atoms with E-state index in [1.165, 1.54) is 144 Å². The summed E-state index contributed by atoms with van der Waals surface area (Å²) in [4.78, 5) is 27.2. The van der Waals surface area contributed by atoms with Gasteiger partial charge in [0.25, 0.3) is 0 Å². The fraction of sp³-hybridized carbons (Fsp3) is 0. The zero-order valence-electron chi connectivity index (χ0n) is 78.4. The summed E-state index contributed by atoms with van der Waals surface area (Å²) in [5.74, 6) is 5.45. The fourth-order valence-electron chi connectivity index (χ4n) is 21.8. The van der Waals surface area contributed by atoms with Gasteiger partial charge in [0.1, 0.15) is 29.1 Å². The van der Waals surface area contributed by atoms with Crippen molar-refractivity contribution >= 4 is 84.3 Å². The van der Waals surface area contributed by atoms with E-state index in [1.54, 1.807) is 0 Å². The summed E-state index contributed by atoms with van der Waals surface area (Å²) in [5, 5.41) is 3.62. The van der Waals surface area contributed by atoms with E-state index in [1.807, 2.05) is 36.8 Å². The van der Waals surface area contributed by atoms with E-state index in [0.717, 1.165) is 96.6 Å². The highest BCUT2D eigenvalue weighted by molar-refractivity contribution is 6.22. The van der Waals surface area contributed by atoms with Crippen molar-refractivity contribution in [2.75, 3.05) is 14.7 Å². The van der Waals surface area contributed by atoms with Crippen molar-refractivity contribution in [3.05, 3.63) is 546 Å². The van der Waals surface area contributed by atoms with Crippen LogP contribution in [0, 0.1) is 0 Å². The molecule has 28 rings (SSSR count). The van der Waals surface area contributed by atoms with Gasteiger partial charge >= 0.3 is 0 Å². The molecule has 3 aliphatic rings. The van der Waals surface area contributed by atoms with Crippen LogP contribution in [0.15, 0.2) is 546 Å². The molecule has 144 heavy (non-hydrogen) atoms. The smallest absolute Gasteiger partial charge is 0.235 e. The summed E-state index contributed by atoms with van der Waals surface area (Å²) < 4.78 is 6.96. The van der Waals surface area contributed by atoms with Gasteiger partial charge in [-0.05, 0) is 238 Å². The Bertz CT molecular complexity index is 8730. The van der Waals surface area contributed by atoms with Crippen LogP contribution in [-0.2, 0) is 0 Å². The van der Waals surface area contributed by atoms with Gasteiger partial charge in [-0.25, -0.2) is 19.9 Å². The predicted molar refractivity (Wildman–Crippen MR) is 596 cm³/mol. The average Bonchev–Trinajstić information content (AvgIpc) is 1.55. The van der Waals surface area contributed by atoms with Crippen LogP contribution < -0.4 is 14.7 Å². The number of nitrogens with zero attached hydrogens (tertiary/aromatic N) is 10. The third-order valence-corrected chi connectivity index (χ3v) is 28.1. The normalized spacial score (nSPS) is 11.5. The minimum Gasteiger partial charge on any atom is -0.296 e. The van der Waals surface area contributed by atoms with Crippen LogP contribution in [0.3, 0.4) is 0 Å². The van der Waals surface area contributed by atoms with Crippen molar-refractivity contribution in [2.24, 2.45) is 0 Å². The molecule has 6 heterocycles. The van der Waals surface area contributed by atoms with E-state index in [4.69, 9.17) is 19.9 Å². The number of rotatable bonds is 16. The Morgan fingerprint density at radius 3 is 0.722 bits per heavy atom. The van der Waals surface area contributed by atoms with Gasteiger partial charge in [0, 0.05) is 91.1 Å². The van der Waals surface area contributed by atoms with Gasteiger partial charge in [-0.2, -0.15) is 0 Å². The summed E-state index contributed by atoms with van der Waals surface area (Å²) >= 11 is 0. The molecule has 25 aromatic rings. The monoisotopic (exact) mass is 1840 g/mol. The number of hydrogen-bond donors (Lipinski definition) is 0. The standard InChI is InChI=1S/C49H33N3.C43H29N3.C42H28N4/c1-4-16-34(17-5-1)35-30-32-38(33-31-35)51(37-20-8-3-9-21-37)49-48-43-25-13-12-24-41(43)39-22-10-11-23-40(39)42-26-14-28-45(47(42)48)52(49)46-29-15-27-44(50-46)36-18-6-2-7-19-36;1-3-14-30(15-4-1)31-25-27-33(28-26-31)45(32-16-5-2-6-17-32)43-42-38-21-10-9-20-36(38)34-18-7-8-19-35(34)37-22-13-23-39(41(37)42)46(43)40-24-11-12-29-44-40;1-3-13-29(14-4-1)30-23-25-32(26-24-30)45(31-15-5-2-6-16-31)41-40-37-20-10-9-19-35(37)33-17-7-8-18-34(33)36-21-11-22-38(39(36)40)46(41)42-43-27-12-28-44-42/h1-33H;1-29H;1-28H. The van der Waals surface area contributed by atoms with E-state index >= 15 is 0 Å².